The predicted molar refractivity (Wildman–Crippen MR) is 123 cm³/mol. The fourth-order valence-electron chi connectivity index (χ4n) is 2.95. The van der Waals surface area contributed by atoms with Crippen LogP contribution in [0.25, 0.3) is 0 Å². The molecule has 1 aliphatic rings. The Morgan fingerprint density at radius 3 is 2.39 bits per heavy atom. The molecule has 0 spiro atoms. The van der Waals surface area contributed by atoms with Gasteiger partial charge in [0.1, 0.15) is 5.75 Å². The smallest absolute Gasteiger partial charge is 0.260 e. The van der Waals surface area contributed by atoms with Crippen LogP contribution in [0.4, 0.5) is 11.4 Å². The number of hydrogen-bond acceptors (Lipinski definition) is 5. The van der Waals surface area contributed by atoms with E-state index in [0.717, 1.165) is 18.8 Å². The van der Waals surface area contributed by atoms with E-state index in [-0.39, 0.29) is 45.8 Å². The average Bonchev–Trinajstić information content (AvgIpc) is 2.76. The molecule has 0 aliphatic carbocycles. The molecule has 0 aromatic heterocycles. The summed E-state index contributed by atoms with van der Waals surface area (Å²) in [6, 6.07) is 10.4. The number of amides is 2. The molecule has 1 N–H and O–H groups in total. The predicted octanol–water partition coefficient (Wildman–Crippen LogP) is 3.96. The van der Waals surface area contributed by atoms with Gasteiger partial charge in [-0.2, -0.15) is 0 Å². The molecule has 3 rings (SSSR count). The number of morpholine rings is 1. The van der Waals surface area contributed by atoms with Gasteiger partial charge in [0.2, 0.25) is 5.91 Å². The molecule has 2 aromatic carbocycles. The second-order valence-corrected chi connectivity index (χ2v) is 8.15. The summed E-state index contributed by atoms with van der Waals surface area (Å²) in [6.45, 7) is 2.68. The zero-order chi connectivity index (χ0) is 22.4. The number of nitrogens with one attached hydrogen (secondary N) is 1. The Bertz CT molecular complexity index is 934. The van der Waals surface area contributed by atoms with Gasteiger partial charge in [-0.3, -0.25) is 9.59 Å². The van der Waals surface area contributed by atoms with E-state index in [2.05, 4.69) is 10.2 Å². The average molecular weight is 487 g/mol. The van der Waals surface area contributed by atoms with Crippen molar-refractivity contribution in [2.24, 2.45) is 0 Å². The molecule has 1 saturated heterocycles. The fraction of sp³-hybridized carbons (Fsp3) is 0.333. The number of anilines is 2. The Hall–Kier alpha value is -2.19. The van der Waals surface area contributed by atoms with Crippen molar-refractivity contribution in [3.8, 4) is 5.75 Å². The maximum Gasteiger partial charge on any atom is 0.260 e. The van der Waals surface area contributed by atoms with Crippen molar-refractivity contribution in [1.29, 1.82) is 0 Å². The number of carbonyl (C=O) groups is 2. The quantitative estimate of drug-likeness (QED) is 0.600. The Morgan fingerprint density at radius 1 is 1.06 bits per heavy atom. The van der Waals surface area contributed by atoms with E-state index in [1.807, 2.05) is 24.3 Å². The van der Waals surface area contributed by atoms with Gasteiger partial charge in [0.15, 0.2) is 6.61 Å². The second kappa shape index (κ2) is 10.9. The van der Waals surface area contributed by atoms with Crippen LogP contribution < -0.4 is 15.0 Å². The van der Waals surface area contributed by atoms with Crippen molar-refractivity contribution < 1.29 is 19.1 Å². The molecule has 0 unspecified atom stereocenters. The van der Waals surface area contributed by atoms with Gasteiger partial charge < -0.3 is 24.6 Å². The monoisotopic (exact) mass is 485 g/mol. The van der Waals surface area contributed by atoms with Crippen LogP contribution in [0.3, 0.4) is 0 Å². The van der Waals surface area contributed by atoms with Gasteiger partial charge in [-0.05, 0) is 30.3 Å². The molecular formula is C21H22Cl3N3O4. The van der Waals surface area contributed by atoms with Crippen molar-refractivity contribution in [2.45, 2.75) is 0 Å². The highest BCUT2D eigenvalue weighted by atomic mass is 35.5. The maximum absolute atomic E-state index is 12.3. The zero-order valence-corrected chi connectivity index (χ0v) is 19.1. The highest BCUT2D eigenvalue weighted by Crippen LogP contribution is 2.33. The van der Waals surface area contributed by atoms with Gasteiger partial charge >= 0.3 is 0 Å². The third-order valence-corrected chi connectivity index (χ3v) is 5.68. The van der Waals surface area contributed by atoms with E-state index >= 15 is 0 Å². The minimum Gasteiger partial charge on any atom is -0.482 e. The summed E-state index contributed by atoms with van der Waals surface area (Å²) in [7, 11) is 1.52. The topological polar surface area (TPSA) is 71.1 Å². The zero-order valence-electron chi connectivity index (χ0n) is 16.9. The van der Waals surface area contributed by atoms with E-state index in [1.54, 1.807) is 0 Å². The number of benzene rings is 2. The number of rotatable bonds is 7. The molecular weight excluding hydrogens is 465 g/mol. The summed E-state index contributed by atoms with van der Waals surface area (Å²) in [5.74, 6) is -0.467. The van der Waals surface area contributed by atoms with Gasteiger partial charge in [0.25, 0.3) is 5.91 Å². The van der Waals surface area contributed by atoms with Crippen LogP contribution in [0.2, 0.25) is 15.1 Å². The number of carbonyl (C=O) groups excluding carboxylic acids is 2. The molecule has 0 saturated carbocycles. The Kier molecular flexibility index (Phi) is 8.26. The van der Waals surface area contributed by atoms with Gasteiger partial charge in [0, 0.05) is 37.6 Å². The van der Waals surface area contributed by atoms with Crippen molar-refractivity contribution in [2.75, 3.05) is 56.7 Å². The molecule has 0 bridgehead atoms. The van der Waals surface area contributed by atoms with Crippen LogP contribution >= 0.6 is 34.8 Å². The largest absolute Gasteiger partial charge is 0.482 e. The molecule has 1 heterocycles. The van der Waals surface area contributed by atoms with Crippen molar-refractivity contribution in [3.63, 3.8) is 0 Å². The number of halogens is 3. The summed E-state index contributed by atoms with van der Waals surface area (Å²) in [4.78, 5) is 28.1. The fourth-order valence-corrected chi connectivity index (χ4v) is 3.54. The van der Waals surface area contributed by atoms with Crippen LogP contribution in [0.1, 0.15) is 0 Å². The molecule has 0 atom stereocenters. The van der Waals surface area contributed by atoms with Crippen molar-refractivity contribution in [1.82, 2.24) is 4.90 Å². The molecule has 0 radical (unpaired) electrons. The minimum atomic E-state index is -0.389. The highest BCUT2D eigenvalue weighted by Gasteiger charge is 2.16. The number of ether oxygens (including phenoxy) is 2. The van der Waals surface area contributed by atoms with E-state index in [9.17, 15) is 9.59 Å². The lowest BCUT2D eigenvalue weighted by molar-refractivity contribution is -0.135. The first-order valence-corrected chi connectivity index (χ1v) is 10.7. The van der Waals surface area contributed by atoms with Gasteiger partial charge in [-0.25, -0.2) is 0 Å². The summed E-state index contributed by atoms with van der Waals surface area (Å²) in [5.41, 5.74) is 1.73. The van der Waals surface area contributed by atoms with E-state index in [4.69, 9.17) is 44.3 Å². The first-order valence-electron chi connectivity index (χ1n) is 9.57. The molecule has 10 heteroatoms. The van der Waals surface area contributed by atoms with Crippen molar-refractivity contribution >= 4 is 58.0 Å². The van der Waals surface area contributed by atoms with Crippen LogP contribution in [0.15, 0.2) is 36.4 Å². The molecule has 1 aliphatic heterocycles. The number of likely N-dealkylation sites (N-methyl/N-ethyl adjacent to an activating group) is 1. The van der Waals surface area contributed by atoms with Crippen LogP contribution in [0.5, 0.6) is 5.75 Å². The molecule has 1 fully saturated rings. The summed E-state index contributed by atoms with van der Waals surface area (Å²) < 4.78 is 10.8. The minimum absolute atomic E-state index is 0.123. The molecule has 31 heavy (non-hydrogen) atoms. The van der Waals surface area contributed by atoms with Gasteiger partial charge in [-0.15, -0.1) is 0 Å². The van der Waals surface area contributed by atoms with E-state index in [1.165, 1.54) is 24.1 Å². The second-order valence-electron chi connectivity index (χ2n) is 6.93. The third kappa shape index (κ3) is 6.64. The maximum atomic E-state index is 12.3. The number of nitrogens with zero attached hydrogens (tertiary/aromatic N) is 2. The first-order chi connectivity index (χ1) is 14.8. The Morgan fingerprint density at radius 2 is 1.71 bits per heavy atom. The summed E-state index contributed by atoms with van der Waals surface area (Å²) in [5, 5.41) is 3.58. The summed E-state index contributed by atoms with van der Waals surface area (Å²) >= 11 is 17.8. The van der Waals surface area contributed by atoms with Crippen LogP contribution in [-0.2, 0) is 14.3 Å². The normalized spacial score (nSPS) is 13.6. The third-order valence-electron chi connectivity index (χ3n) is 4.66. The lowest BCUT2D eigenvalue weighted by Gasteiger charge is -2.28. The van der Waals surface area contributed by atoms with E-state index in [0.29, 0.717) is 18.9 Å². The van der Waals surface area contributed by atoms with Crippen molar-refractivity contribution in [3.05, 3.63) is 51.5 Å². The Labute approximate surface area is 195 Å². The molecule has 2 aromatic rings. The van der Waals surface area contributed by atoms with Gasteiger partial charge in [0.05, 0.1) is 34.8 Å². The summed E-state index contributed by atoms with van der Waals surface area (Å²) in [6.07, 6.45) is 0. The lowest BCUT2D eigenvalue weighted by Crippen LogP contribution is -2.37. The Balaban J connectivity index is 1.47. The van der Waals surface area contributed by atoms with Crippen LogP contribution in [0, 0.1) is 0 Å². The SMILES string of the molecule is CN(CC(=O)Nc1ccc(N2CCOCC2)cc1)C(=O)COc1cc(Cl)c(Cl)cc1Cl. The first kappa shape index (κ1) is 23.5. The highest BCUT2D eigenvalue weighted by molar-refractivity contribution is 6.43. The van der Waals surface area contributed by atoms with Crippen LogP contribution in [-0.4, -0.2) is 63.2 Å². The standard InChI is InChI=1S/C21H22Cl3N3O4/c1-26(21(29)13-31-19-11-17(23)16(22)10-18(19)24)12-20(28)25-14-2-4-15(5-3-14)27-6-8-30-9-7-27/h2-5,10-11H,6-9,12-13H2,1H3,(H,25,28). The lowest BCUT2D eigenvalue weighted by atomic mass is 10.2. The number of hydrogen-bond donors (Lipinski definition) is 1. The molecule has 166 valence electrons. The molecule has 7 nitrogen and oxygen atoms in total. The van der Waals surface area contributed by atoms with Gasteiger partial charge in [-0.1, -0.05) is 34.8 Å². The molecule has 2 amide bonds. The van der Waals surface area contributed by atoms with E-state index < -0.39 is 0 Å².